The number of rotatable bonds is 7. The van der Waals surface area contributed by atoms with E-state index in [1.54, 1.807) is 0 Å². The molecule has 0 aromatic carbocycles. The van der Waals surface area contributed by atoms with Crippen molar-refractivity contribution in [3.63, 3.8) is 0 Å². The number of hydrogen-bond donors (Lipinski definition) is 3. The first kappa shape index (κ1) is 27.6. The molecule has 0 spiro atoms. The Bertz CT molecular complexity index is 994. The lowest BCUT2D eigenvalue weighted by molar-refractivity contribution is -0.151. The largest absolute Gasteiger partial charge is 0.356 e. The van der Waals surface area contributed by atoms with Gasteiger partial charge in [0.15, 0.2) is 0 Å². The number of nitrogens with zero attached hydrogens (tertiary/aromatic N) is 2. The first-order chi connectivity index (χ1) is 17.1. The molecular weight excluding hydrogens is 505 g/mol. The zero-order valence-electron chi connectivity index (χ0n) is 22.0. The molecule has 4 aliphatic rings. The number of amides is 5. The minimum Gasteiger partial charge on any atom is -0.356 e. The summed E-state index contributed by atoms with van der Waals surface area (Å²) in [7, 11) is 0. The molecule has 37 heavy (non-hydrogen) atoms. The van der Waals surface area contributed by atoms with Crippen LogP contribution in [0, 0.1) is 34.5 Å². The Morgan fingerprint density at radius 2 is 1.84 bits per heavy atom. The van der Waals surface area contributed by atoms with Gasteiger partial charge < -0.3 is 15.5 Å². The number of fused-ring (bicyclic) bond motifs is 1. The maximum absolute atomic E-state index is 13.8. The molecule has 4 fully saturated rings. The molecule has 0 unspecified atom stereocenters. The number of carbonyl (C=O) groups excluding carboxylic acids is 5. The molecule has 0 radical (unpaired) electrons. The number of nitrogens with one attached hydrogen (secondary N) is 3. The van der Waals surface area contributed by atoms with Crippen LogP contribution in [0.3, 0.4) is 0 Å². The van der Waals surface area contributed by atoms with Crippen LogP contribution in [-0.2, 0) is 24.0 Å². The van der Waals surface area contributed by atoms with Gasteiger partial charge in [0, 0.05) is 19.0 Å². The third-order valence-electron chi connectivity index (χ3n) is 8.37. The molecule has 0 bridgehead atoms. The molecule has 2 saturated carbocycles. The topological polar surface area (TPSA) is 128 Å². The van der Waals surface area contributed by atoms with E-state index >= 15 is 0 Å². The van der Waals surface area contributed by atoms with E-state index in [4.69, 9.17) is 11.6 Å². The van der Waals surface area contributed by atoms with Gasteiger partial charge in [-0.1, -0.05) is 46.2 Å². The molecular formula is C25H37ClFN5O5. The Labute approximate surface area is 221 Å². The van der Waals surface area contributed by atoms with Crippen molar-refractivity contribution in [1.29, 1.82) is 0 Å². The van der Waals surface area contributed by atoms with Crippen LogP contribution in [0.15, 0.2) is 0 Å². The summed E-state index contributed by atoms with van der Waals surface area (Å²) in [5, 5.41) is 6.30. The van der Waals surface area contributed by atoms with Gasteiger partial charge in [-0.25, -0.2) is 9.40 Å². The fourth-order valence-electron chi connectivity index (χ4n) is 5.78. The molecule has 2 heterocycles. The summed E-state index contributed by atoms with van der Waals surface area (Å²) in [6.45, 7) is 10.1. The van der Waals surface area contributed by atoms with E-state index in [9.17, 15) is 28.4 Å². The number of hydrazine groups is 1. The second-order valence-electron chi connectivity index (χ2n) is 12.5. The van der Waals surface area contributed by atoms with E-state index in [0.717, 1.165) is 17.9 Å². The van der Waals surface area contributed by atoms with Gasteiger partial charge in [0.1, 0.15) is 12.1 Å². The lowest BCUT2D eigenvalue weighted by Crippen LogP contribution is -2.61. The van der Waals surface area contributed by atoms with Crippen LogP contribution in [0.2, 0.25) is 0 Å². The lowest BCUT2D eigenvalue weighted by atomic mass is 9.85. The highest BCUT2D eigenvalue weighted by molar-refractivity contribution is 6.29. The van der Waals surface area contributed by atoms with Gasteiger partial charge in [-0.2, -0.15) is 0 Å². The van der Waals surface area contributed by atoms with E-state index in [-0.39, 0.29) is 47.4 Å². The minimum atomic E-state index is -2.40. The van der Waals surface area contributed by atoms with Crippen molar-refractivity contribution >= 4 is 41.1 Å². The van der Waals surface area contributed by atoms with Crippen LogP contribution in [-0.4, -0.2) is 76.8 Å². The average molecular weight is 542 g/mol. The normalized spacial score (nSPS) is 29.6. The summed E-state index contributed by atoms with van der Waals surface area (Å²) < 4.78 is 13.8. The van der Waals surface area contributed by atoms with E-state index in [0.29, 0.717) is 19.5 Å². The Morgan fingerprint density at radius 1 is 1.19 bits per heavy atom. The van der Waals surface area contributed by atoms with Gasteiger partial charge in [-0.05, 0) is 41.9 Å². The number of halogens is 2. The van der Waals surface area contributed by atoms with Crippen molar-refractivity contribution in [2.45, 2.75) is 71.6 Å². The van der Waals surface area contributed by atoms with Crippen LogP contribution in [0.1, 0.15) is 53.9 Å². The minimum absolute atomic E-state index is 0.0682. The van der Waals surface area contributed by atoms with Gasteiger partial charge >= 0.3 is 0 Å². The predicted molar refractivity (Wildman–Crippen MR) is 132 cm³/mol. The summed E-state index contributed by atoms with van der Waals surface area (Å²) in [5.41, 5.74) is -0.745. The van der Waals surface area contributed by atoms with Crippen molar-refractivity contribution in [2.75, 3.05) is 19.6 Å². The molecule has 5 amide bonds. The molecule has 4 rings (SSSR count). The third kappa shape index (κ3) is 5.42. The second kappa shape index (κ2) is 9.71. The monoisotopic (exact) mass is 541 g/mol. The fraction of sp³-hybridized carbons (Fsp3) is 0.800. The second-order valence-corrected chi connectivity index (χ2v) is 12.9. The van der Waals surface area contributed by atoms with Gasteiger partial charge in [0.2, 0.25) is 17.7 Å². The van der Waals surface area contributed by atoms with Gasteiger partial charge in [-0.3, -0.25) is 29.4 Å². The summed E-state index contributed by atoms with van der Waals surface area (Å²) in [6.07, 6.45) is 2.02. The van der Waals surface area contributed by atoms with E-state index in [1.165, 1.54) is 4.90 Å². The predicted octanol–water partition coefficient (Wildman–Crippen LogP) is 0.941. The number of alkyl halides is 2. The molecule has 0 aromatic heterocycles. The smallest absolute Gasteiger partial charge is 0.291 e. The molecule has 6 atom stereocenters. The molecule has 3 N–H and O–H groups in total. The molecule has 2 aliphatic carbocycles. The van der Waals surface area contributed by atoms with Gasteiger partial charge in [-0.15, -0.1) is 0 Å². The first-order valence-electron chi connectivity index (χ1n) is 12.9. The van der Waals surface area contributed by atoms with Crippen molar-refractivity contribution in [1.82, 2.24) is 26.0 Å². The zero-order valence-corrected chi connectivity index (χ0v) is 22.7. The van der Waals surface area contributed by atoms with Crippen molar-refractivity contribution in [3.05, 3.63) is 0 Å². The first-order valence-corrected chi connectivity index (χ1v) is 13.4. The average Bonchev–Trinajstić information content (AvgIpc) is 3.61. The van der Waals surface area contributed by atoms with Crippen molar-refractivity contribution < 1.29 is 28.4 Å². The lowest BCUT2D eigenvalue weighted by Gasteiger charge is -2.38. The van der Waals surface area contributed by atoms with Crippen molar-refractivity contribution in [3.8, 4) is 0 Å². The molecule has 2 aliphatic heterocycles. The maximum Gasteiger partial charge on any atom is 0.291 e. The van der Waals surface area contributed by atoms with Crippen LogP contribution < -0.4 is 16.1 Å². The Morgan fingerprint density at radius 3 is 2.35 bits per heavy atom. The molecule has 0 aromatic rings. The number of piperidine rings is 1. The van der Waals surface area contributed by atoms with Crippen LogP contribution >= 0.6 is 11.6 Å². The van der Waals surface area contributed by atoms with Crippen LogP contribution in [0.5, 0.6) is 0 Å². The fourth-order valence-corrected chi connectivity index (χ4v) is 5.90. The third-order valence-corrected chi connectivity index (χ3v) is 8.56. The standard InChI is InChI=1S/C25H37ClFN5O5/c1-24(2,3)17(29-20(34)12-6-7-12)22(36)31-11-14-15(25(14,4)5)16(31)21(35)30-32(23(37)18(26)27)10-13-8-9-28-19(13)33/h12-18H,6-11H2,1-5H3,(H,28,33)(H,29,34)(H,30,35)/t13-,14-,15-,16-,17+,18-/m0/s1. The highest BCUT2D eigenvalue weighted by atomic mass is 35.5. The summed E-state index contributed by atoms with van der Waals surface area (Å²) in [5.74, 6) is -3.44. The SMILES string of the molecule is CC(C)(C)[C@H](NC(=O)C1CC1)C(=O)N1C[C@H]2[C@@H]([C@H]1C(=O)NN(C[C@@H]1CCNC1=O)C(=O)[C@H](F)Cl)C2(C)C. The van der Waals surface area contributed by atoms with Gasteiger partial charge in [0.25, 0.3) is 17.4 Å². The van der Waals surface area contributed by atoms with Gasteiger partial charge in [0.05, 0.1) is 12.5 Å². The molecule has 206 valence electrons. The van der Waals surface area contributed by atoms with E-state index in [2.05, 4.69) is 16.1 Å². The summed E-state index contributed by atoms with van der Waals surface area (Å²) in [6, 6.07) is -1.76. The van der Waals surface area contributed by atoms with E-state index in [1.807, 2.05) is 34.6 Å². The van der Waals surface area contributed by atoms with E-state index < -0.39 is 40.9 Å². The molecule has 10 nitrogen and oxygen atoms in total. The highest BCUT2D eigenvalue weighted by Gasteiger charge is 2.70. The quantitative estimate of drug-likeness (QED) is 0.326. The summed E-state index contributed by atoms with van der Waals surface area (Å²) in [4.78, 5) is 66.1. The molecule has 2 saturated heterocycles. The Hall–Kier alpha value is -2.43. The summed E-state index contributed by atoms with van der Waals surface area (Å²) >= 11 is 5.41. The number of hydrogen-bond acceptors (Lipinski definition) is 5. The number of likely N-dealkylation sites (tertiary alicyclic amines) is 1. The maximum atomic E-state index is 13.8. The van der Waals surface area contributed by atoms with Crippen molar-refractivity contribution in [2.24, 2.45) is 34.5 Å². The Balaban J connectivity index is 1.55. The van der Waals surface area contributed by atoms with Crippen LogP contribution in [0.4, 0.5) is 4.39 Å². The Kier molecular flexibility index (Phi) is 7.24. The zero-order chi connectivity index (χ0) is 27.4. The highest BCUT2D eigenvalue weighted by Crippen LogP contribution is 2.65. The number of carbonyl (C=O) groups is 5. The van der Waals surface area contributed by atoms with Crippen LogP contribution in [0.25, 0.3) is 0 Å². The molecule has 12 heteroatoms.